The molecule has 2 atom stereocenters. The lowest BCUT2D eigenvalue weighted by molar-refractivity contribution is 0.318. The lowest BCUT2D eigenvalue weighted by Gasteiger charge is -2.16. The van der Waals surface area contributed by atoms with E-state index < -0.39 is 0 Å². The molecule has 0 amide bonds. The Bertz CT molecular complexity index is 1180. The average Bonchev–Trinajstić information content (AvgIpc) is 3.33. The summed E-state index contributed by atoms with van der Waals surface area (Å²) in [5.74, 6) is 1.57. The van der Waals surface area contributed by atoms with Crippen LogP contribution in [0.15, 0.2) is 77.9 Å². The zero-order chi connectivity index (χ0) is 19.8. The van der Waals surface area contributed by atoms with Crippen molar-refractivity contribution < 1.29 is 0 Å². The number of nitrogens with zero attached hydrogens (tertiary/aromatic N) is 3. The normalized spacial score (nSPS) is 19.8. The Morgan fingerprint density at radius 1 is 1.03 bits per heavy atom. The Hall–Kier alpha value is -3.18. The maximum atomic E-state index is 12.8. The molecule has 1 aliphatic heterocycles. The second-order valence-corrected chi connectivity index (χ2v) is 8.01. The molecule has 0 spiro atoms. The second kappa shape index (κ2) is 7.33. The third-order valence-electron chi connectivity index (χ3n) is 5.92. The van der Waals surface area contributed by atoms with E-state index in [4.69, 9.17) is 0 Å². The Morgan fingerprint density at radius 3 is 2.52 bits per heavy atom. The van der Waals surface area contributed by atoms with Gasteiger partial charge in [0.15, 0.2) is 0 Å². The van der Waals surface area contributed by atoms with Crippen LogP contribution in [0, 0.1) is 5.92 Å². The first kappa shape index (κ1) is 17.9. The first-order valence-electron chi connectivity index (χ1n) is 10.1. The number of benzene rings is 2. The van der Waals surface area contributed by atoms with E-state index in [1.54, 1.807) is 6.20 Å². The van der Waals surface area contributed by atoms with Crippen LogP contribution < -0.4 is 5.56 Å². The van der Waals surface area contributed by atoms with Crippen molar-refractivity contribution in [2.75, 3.05) is 13.1 Å². The number of H-pyrrole nitrogens is 1. The van der Waals surface area contributed by atoms with Crippen LogP contribution in [0.4, 0.5) is 0 Å². The SMILES string of the molecule is CC1CN(Cc2ccccc2)C[C@@H]1c1cn2c(-c3ccccc3)ncc2c(=O)[nH]1. The zero-order valence-electron chi connectivity index (χ0n) is 16.5. The quantitative estimate of drug-likeness (QED) is 0.580. The average molecular weight is 384 g/mol. The van der Waals surface area contributed by atoms with Crippen molar-refractivity contribution in [3.63, 3.8) is 0 Å². The van der Waals surface area contributed by atoms with Gasteiger partial charge in [-0.1, -0.05) is 67.6 Å². The Labute approximate surface area is 169 Å². The van der Waals surface area contributed by atoms with Crippen molar-refractivity contribution in [2.45, 2.75) is 19.4 Å². The first-order chi connectivity index (χ1) is 14.2. The van der Waals surface area contributed by atoms with Gasteiger partial charge in [-0.25, -0.2) is 4.98 Å². The molecule has 5 rings (SSSR count). The number of imidazole rings is 1. The van der Waals surface area contributed by atoms with Gasteiger partial charge in [0.05, 0.1) is 6.20 Å². The van der Waals surface area contributed by atoms with E-state index in [2.05, 4.69) is 52.3 Å². The van der Waals surface area contributed by atoms with E-state index in [1.807, 2.05) is 40.8 Å². The summed E-state index contributed by atoms with van der Waals surface area (Å²) in [5, 5.41) is 0. The first-order valence-corrected chi connectivity index (χ1v) is 10.1. The topological polar surface area (TPSA) is 53.4 Å². The number of nitrogens with one attached hydrogen (secondary N) is 1. The predicted octanol–water partition coefficient (Wildman–Crippen LogP) is 3.93. The summed E-state index contributed by atoms with van der Waals surface area (Å²) in [5.41, 5.74) is 3.82. The van der Waals surface area contributed by atoms with Gasteiger partial charge in [0.25, 0.3) is 5.56 Å². The van der Waals surface area contributed by atoms with Crippen molar-refractivity contribution in [1.82, 2.24) is 19.3 Å². The molecule has 1 N–H and O–H groups in total. The molecule has 1 aliphatic rings. The third-order valence-corrected chi connectivity index (χ3v) is 5.92. The highest BCUT2D eigenvalue weighted by Gasteiger charge is 2.32. The van der Waals surface area contributed by atoms with E-state index in [0.717, 1.165) is 36.7 Å². The summed E-state index contributed by atoms with van der Waals surface area (Å²) < 4.78 is 1.94. The van der Waals surface area contributed by atoms with Crippen LogP contribution in [0.5, 0.6) is 0 Å². The Morgan fingerprint density at radius 2 is 1.76 bits per heavy atom. The fourth-order valence-corrected chi connectivity index (χ4v) is 4.46. The molecular formula is C24H24N4O. The highest BCUT2D eigenvalue weighted by atomic mass is 16.1. The number of likely N-dealkylation sites (tertiary alicyclic amines) is 1. The molecule has 2 aromatic carbocycles. The molecule has 2 aromatic heterocycles. The maximum absolute atomic E-state index is 12.8. The molecule has 5 nitrogen and oxygen atoms in total. The summed E-state index contributed by atoms with van der Waals surface area (Å²) in [6.45, 7) is 5.17. The molecule has 29 heavy (non-hydrogen) atoms. The number of hydrogen-bond acceptors (Lipinski definition) is 3. The fraction of sp³-hybridized carbons (Fsp3) is 0.250. The molecule has 0 saturated carbocycles. The summed E-state index contributed by atoms with van der Waals surface area (Å²) in [7, 11) is 0. The molecule has 146 valence electrons. The van der Waals surface area contributed by atoms with Crippen molar-refractivity contribution in [3.05, 3.63) is 94.7 Å². The number of hydrogen-bond donors (Lipinski definition) is 1. The van der Waals surface area contributed by atoms with Crippen LogP contribution in [0.2, 0.25) is 0 Å². The van der Waals surface area contributed by atoms with E-state index in [0.29, 0.717) is 17.4 Å². The van der Waals surface area contributed by atoms with Gasteiger partial charge in [0.2, 0.25) is 0 Å². The van der Waals surface area contributed by atoms with Crippen molar-refractivity contribution in [2.24, 2.45) is 5.92 Å². The van der Waals surface area contributed by atoms with Crippen LogP contribution in [-0.4, -0.2) is 32.4 Å². The number of aromatic nitrogens is 3. The highest BCUT2D eigenvalue weighted by Crippen LogP contribution is 2.32. The van der Waals surface area contributed by atoms with Crippen LogP contribution in [0.25, 0.3) is 16.9 Å². The molecule has 5 heteroatoms. The number of rotatable bonds is 4. The Kier molecular flexibility index (Phi) is 4.52. The Balaban J connectivity index is 1.48. The van der Waals surface area contributed by atoms with Gasteiger partial charge in [-0.2, -0.15) is 0 Å². The molecular weight excluding hydrogens is 360 g/mol. The van der Waals surface area contributed by atoms with E-state index in [-0.39, 0.29) is 5.56 Å². The van der Waals surface area contributed by atoms with Gasteiger partial charge >= 0.3 is 0 Å². The van der Waals surface area contributed by atoms with Crippen molar-refractivity contribution in [3.8, 4) is 11.4 Å². The van der Waals surface area contributed by atoms with E-state index in [9.17, 15) is 4.79 Å². The minimum atomic E-state index is -0.0779. The van der Waals surface area contributed by atoms with E-state index in [1.165, 1.54) is 5.56 Å². The lowest BCUT2D eigenvalue weighted by Crippen LogP contribution is -2.21. The van der Waals surface area contributed by atoms with Gasteiger partial charge in [-0.3, -0.25) is 14.1 Å². The molecule has 1 saturated heterocycles. The summed E-state index contributed by atoms with van der Waals surface area (Å²) >= 11 is 0. The standard InChI is InChI=1S/C24H24N4O/c1-17-13-27(14-18-8-4-2-5-9-18)15-20(17)21-16-28-22(24(29)26-21)12-25-23(28)19-10-6-3-7-11-19/h2-12,16-17,20H,13-15H2,1H3,(H,26,29)/t17?,20-/m0/s1. The fourth-order valence-electron chi connectivity index (χ4n) is 4.46. The molecule has 0 bridgehead atoms. The van der Waals surface area contributed by atoms with Crippen LogP contribution in [0.3, 0.4) is 0 Å². The van der Waals surface area contributed by atoms with Crippen molar-refractivity contribution >= 4 is 5.52 Å². The van der Waals surface area contributed by atoms with Gasteiger partial charge in [-0.05, 0) is 11.5 Å². The van der Waals surface area contributed by atoms with Gasteiger partial charge in [0.1, 0.15) is 11.3 Å². The largest absolute Gasteiger partial charge is 0.323 e. The summed E-state index contributed by atoms with van der Waals surface area (Å²) in [4.78, 5) is 22.9. The van der Waals surface area contributed by atoms with Gasteiger partial charge in [0, 0.05) is 43.0 Å². The predicted molar refractivity (Wildman–Crippen MR) is 115 cm³/mol. The monoisotopic (exact) mass is 384 g/mol. The van der Waals surface area contributed by atoms with Crippen LogP contribution in [-0.2, 0) is 6.54 Å². The smallest absolute Gasteiger partial charge is 0.274 e. The lowest BCUT2D eigenvalue weighted by atomic mass is 9.95. The van der Waals surface area contributed by atoms with Crippen LogP contribution >= 0.6 is 0 Å². The molecule has 1 unspecified atom stereocenters. The minimum Gasteiger partial charge on any atom is -0.323 e. The molecule has 0 aliphatic carbocycles. The molecule has 3 heterocycles. The maximum Gasteiger partial charge on any atom is 0.274 e. The summed E-state index contributed by atoms with van der Waals surface area (Å²) in [6, 6.07) is 20.6. The molecule has 1 fully saturated rings. The summed E-state index contributed by atoms with van der Waals surface area (Å²) in [6.07, 6.45) is 3.73. The highest BCUT2D eigenvalue weighted by molar-refractivity contribution is 5.61. The minimum absolute atomic E-state index is 0.0779. The molecule has 4 aromatic rings. The van der Waals surface area contributed by atoms with Gasteiger partial charge in [-0.15, -0.1) is 0 Å². The number of fused-ring (bicyclic) bond motifs is 1. The van der Waals surface area contributed by atoms with Crippen molar-refractivity contribution in [1.29, 1.82) is 0 Å². The zero-order valence-corrected chi connectivity index (χ0v) is 16.5. The number of aromatic amines is 1. The molecule has 0 radical (unpaired) electrons. The third kappa shape index (κ3) is 3.38. The van der Waals surface area contributed by atoms with Crippen LogP contribution in [0.1, 0.15) is 24.1 Å². The van der Waals surface area contributed by atoms with Gasteiger partial charge < -0.3 is 4.98 Å². The second-order valence-electron chi connectivity index (χ2n) is 8.01. The van der Waals surface area contributed by atoms with E-state index >= 15 is 0 Å².